The normalized spacial score (nSPS) is 15.6. The second kappa shape index (κ2) is 9.46. The Morgan fingerprint density at radius 3 is 2.78 bits per heavy atom. The van der Waals surface area contributed by atoms with Gasteiger partial charge < -0.3 is 20.4 Å². The third kappa shape index (κ3) is 5.77. The van der Waals surface area contributed by atoms with E-state index in [-0.39, 0.29) is 12.1 Å². The lowest BCUT2D eigenvalue weighted by Crippen LogP contribution is -2.45. The van der Waals surface area contributed by atoms with Crippen molar-refractivity contribution >= 4 is 44.6 Å². The molecule has 3 aromatic rings. The molecule has 1 aliphatic rings. The van der Waals surface area contributed by atoms with Crippen molar-refractivity contribution in [3.63, 3.8) is 0 Å². The highest BCUT2D eigenvalue weighted by Gasteiger charge is 2.24. The molecule has 0 atom stereocenters. The average molecular weight is 501 g/mol. The first-order valence-electron chi connectivity index (χ1n) is 10.8. The van der Waals surface area contributed by atoms with Crippen molar-refractivity contribution in [3.05, 3.63) is 46.8 Å². The van der Waals surface area contributed by atoms with E-state index in [4.69, 9.17) is 4.74 Å². The third-order valence-electron chi connectivity index (χ3n) is 5.34. The van der Waals surface area contributed by atoms with Crippen LogP contribution >= 0.6 is 15.9 Å². The second-order valence-corrected chi connectivity index (χ2v) is 10.0. The lowest BCUT2D eigenvalue weighted by Gasteiger charge is -2.32. The summed E-state index contributed by atoms with van der Waals surface area (Å²) < 4.78 is 6.38. The van der Waals surface area contributed by atoms with Gasteiger partial charge in [-0.15, -0.1) is 0 Å². The van der Waals surface area contributed by atoms with Crippen molar-refractivity contribution in [1.82, 2.24) is 25.2 Å². The molecule has 3 heterocycles. The number of likely N-dealkylation sites (tertiary alicyclic amines) is 1. The SMILES string of the molecule is CC(C)(C)OC(=O)NC1CCN(Cc2c[nH]c3ncnc(Nc4cccc(Br)c4)c23)CC1. The van der Waals surface area contributed by atoms with Gasteiger partial charge in [0.2, 0.25) is 0 Å². The Morgan fingerprint density at radius 2 is 2.06 bits per heavy atom. The van der Waals surface area contributed by atoms with E-state index >= 15 is 0 Å². The summed E-state index contributed by atoms with van der Waals surface area (Å²) in [4.78, 5) is 26.6. The fourth-order valence-electron chi connectivity index (χ4n) is 3.90. The average Bonchev–Trinajstić information content (AvgIpc) is 3.12. The van der Waals surface area contributed by atoms with Gasteiger partial charge in [-0.05, 0) is 57.4 Å². The van der Waals surface area contributed by atoms with Gasteiger partial charge in [-0.1, -0.05) is 22.0 Å². The van der Waals surface area contributed by atoms with Gasteiger partial charge in [0, 0.05) is 42.0 Å². The first-order valence-corrected chi connectivity index (χ1v) is 11.6. The zero-order valence-electron chi connectivity index (χ0n) is 18.6. The molecule has 0 bridgehead atoms. The second-order valence-electron chi connectivity index (χ2n) is 9.09. The minimum absolute atomic E-state index is 0.140. The minimum Gasteiger partial charge on any atom is -0.444 e. The number of anilines is 2. The zero-order valence-corrected chi connectivity index (χ0v) is 20.2. The van der Waals surface area contributed by atoms with Crippen LogP contribution in [0.1, 0.15) is 39.2 Å². The Morgan fingerprint density at radius 1 is 1.28 bits per heavy atom. The van der Waals surface area contributed by atoms with E-state index in [1.54, 1.807) is 6.33 Å². The van der Waals surface area contributed by atoms with Gasteiger partial charge in [0.1, 0.15) is 23.4 Å². The number of fused-ring (bicyclic) bond motifs is 1. The Kier molecular flexibility index (Phi) is 6.66. The molecule has 8 nitrogen and oxygen atoms in total. The number of benzene rings is 1. The number of H-pyrrole nitrogens is 1. The molecule has 3 N–H and O–H groups in total. The predicted octanol–water partition coefficient (Wildman–Crippen LogP) is 4.95. The number of rotatable bonds is 5. The number of hydrogen-bond donors (Lipinski definition) is 3. The molecule has 0 aliphatic carbocycles. The Hall–Kier alpha value is -2.65. The maximum atomic E-state index is 12.0. The van der Waals surface area contributed by atoms with Gasteiger partial charge in [0.05, 0.1) is 5.39 Å². The molecule has 0 radical (unpaired) electrons. The summed E-state index contributed by atoms with van der Waals surface area (Å²) in [6.07, 6.45) is 5.02. The monoisotopic (exact) mass is 500 g/mol. The highest BCUT2D eigenvalue weighted by Crippen LogP contribution is 2.28. The summed E-state index contributed by atoms with van der Waals surface area (Å²) in [5, 5.41) is 7.42. The molecule has 1 aromatic carbocycles. The van der Waals surface area contributed by atoms with Crippen molar-refractivity contribution in [3.8, 4) is 0 Å². The number of carbonyl (C=O) groups is 1. The zero-order chi connectivity index (χ0) is 22.7. The Balaban J connectivity index is 1.40. The van der Waals surface area contributed by atoms with Crippen molar-refractivity contribution < 1.29 is 9.53 Å². The molecule has 0 spiro atoms. The summed E-state index contributed by atoms with van der Waals surface area (Å²) in [6.45, 7) is 8.21. The van der Waals surface area contributed by atoms with Gasteiger partial charge in [0.15, 0.2) is 0 Å². The van der Waals surface area contributed by atoms with Crippen LogP contribution in [0, 0.1) is 0 Å². The smallest absolute Gasteiger partial charge is 0.407 e. The van der Waals surface area contributed by atoms with E-state index in [9.17, 15) is 4.79 Å². The van der Waals surface area contributed by atoms with Crippen molar-refractivity contribution in [2.75, 3.05) is 18.4 Å². The third-order valence-corrected chi connectivity index (χ3v) is 5.83. The van der Waals surface area contributed by atoms with E-state index < -0.39 is 5.60 Å². The highest BCUT2D eigenvalue weighted by atomic mass is 79.9. The van der Waals surface area contributed by atoms with Crippen LogP contribution < -0.4 is 10.6 Å². The molecule has 9 heteroatoms. The van der Waals surface area contributed by atoms with Gasteiger partial charge in [-0.25, -0.2) is 14.8 Å². The number of halogens is 1. The highest BCUT2D eigenvalue weighted by molar-refractivity contribution is 9.10. The van der Waals surface area contributed by atoms with Crippen LogP contribution in [0.15, 0.2) is 41.3 Å². The van der Waals surface area contributed by atoms with Crippen molar-refractivity contribution in [2.45, 2.75) is 51.8 Å². The number of alkyl carbamates (subject to hydrolysis) is 1. The summed E-state index contributed by atoms with van der Waals surface area (Å²) >= 11 is 3.51. The summed E-state index contributed by atoms with van der Waals surface area (Å²) in [7, 11) is 0. The number of aromatic amines is 1. The van der Waals surface area contributed by atoms with E-state index in [1.165, 1.54) is 0 Å². The fourth-order valence-corrected chi connectivity index (χ4v) is 4.30. The van der Waals surface area contributed by atoms with Crippen LogP contribution in [0.3, 0.4) is 0 Å². The predicted molar refractivity (Wildman–Crippen MR) is 129 cm³/mol. The molecule has 170 valence electrons. The van der Waals surface area contributed by atoms with E-state index in [2.05, 4.69) is 46.4 Å². The van der Waals surface area contributed by atoms with E-state index in [0.717, 1.165) is 65.1 Å². The molecular weight excluding hydrogens is 472 g/mol. The van der Waals surface area contributed by atoms with Crippen LogP contribution in [0.25, 0.3) is 11.0 Å². The number of carbonyl (C=O) groups excluding carboxylic acids is 1. The molecule has 2 aromatic heterocycles. The first kappa shape index (κ1) is 22.5. The summed E-state index contributed by atoms with van der Waals surface area (Å²) in [5.74, 6) is 0.783. The van der Waals surface area contributed by atoms with Crippen LogP contribution in [0.4, 0.5) is 16.3 Å². The van der Waals surface area contributed by atoms with Gasteiger partial charge in [-0.3, -0.25) is 4.90 Å². The van der Waals surface area contributed by atoms with Crippen molar-refractivity contribution in [2.24, 2.45) is 0 Å². The Bertz CT molecular complexity index is 1090. The molecule has 1 saturated heterocycles. The van der Waals surface area contributed by atoms with Crippen LogP contribution in [-0.2, 0) is 11.3 Å². The van der Waals surface area contributed by atoms with Crippen LogP contribution in [-0.4, -0.2) is 50.7 Å². The number of nitrogens with one attached hydrogen (secondary N) is 3. The standard InChI is InChI=1S/C23H29BrN6O2/c1-23(2,3)32-22(31)29-17-7-9-30(10-8-17)13-15-12-25-20-19(15)21(27-14-26-20)28-18-6-4-5-16(24)11-18/h4-6,11-12,14,17H,7-10,13H2,1-3H3,(H,29,31)(H2,25,26,27,28). The van der Waals surface area contributed by atoms with Crippen molar-refractivity contribution in [1.29, 1.82) is 0 Å². The molecule has 4 rings (SSSR count). The summed E-state index contributed by atoms with van der Waals surface area (Å²) in [6, 6.07) is 8.14. The number of nitrogens with zero attached hydrogens (tertiary/aromatic N) is 3. The molecule has 1 fully saturated rings. The largest absolute Gasteiger partial charge is 0.444 e. The fraction of sp³-hybridized carbons (Fsp3) is 0.435. The molecular formula is C23H29BrN6O2. The number of hydrogen-bond acceptors (Lipinski definition) is 6. The van der Waals surface area contributed by atoms with Gasteiger partial charge in [-0.2, -0.15) is 0 Å². The molecule has 1 amide bonds. The lowest BCUT2D eigenvalue weighted by atomic mass is 10.0. The quantitative estimate of drug-likeness (QED) is 0.458. The molecule has 1 aliphatic heterocycles. The number of piperidine rings is 1. The first-order chi connectivity index (χ1) is 15.3. The lowest BCUT2D eigenvalue weighted by molar-refractivity contribution is 0.0477. The van der Waals surface area contributed by atoms with E-state index in [1.807, 2.05) is 51.2 Å². The maximum absolute atomic E-state index is 12.0. The van der Waals surface area contributed by atoms with Gasteiger partial charge in [0.25, 0.3) is 0 Å². The number of amides is 1. The molecule has 32 heavy (non-hydrogen) atoms. The maximum Gasteiger partial charge on any atom is 0.407 e. The minimum atomic E-state index is -0.482. The topological polar surface area (TPSA) is 95.2 Å². The van der Waals surface area contributed by atoms with Gasteiger partial charge >= 0.3 is 6.09 Å². The number of aromatic nitrogens is 3. The summed E-state index contributed by atoms with van der Waals surface area (Å²) in [5.41, 5.74) is 2.44. The van der Waals surface area contributed by atoms with Crippen LogP contribution in [0.5, 0.6) is 0 Å². The molecule has 0 unspecified atom stereocenters. The van der Waals surface area contributed by atoms with E-state index in [0.29, 0.717) is 0 Å². The van der Waals surface area contributed by atoms with Crippen LogP contribution in [0.2, 0.25) is 0 Å². The molecule has 0 saturated carbocycles. The Labute approximate surface area is 196 Å². The number of ether oxygens (including phenoxy) is 1.